The van der Waals surface area contributed by atoms with Crippen LogP contribution in [0.25, 0.3) is 38.7 Å². The summed E-state index contributed by atoms with van der Waals surface area (Å²) in [5.74, 6) is -3.23. The van der Waals surface area contributed by atoms with Crippen molar-refractivity contribution in [2.75, 3.05) is 51.7 Å². The molecule has 0 atom stereocenters. The average molecular weight is 697 g/mol. The molecule has 0 N–H and O–H groups in total. The van der Waals surface area contributed by atoms with Gasteiger partial charge in [0.1, 0.15) is 27.2 Å². The maximum Gasteiger partial charge on any atom is 0.455 e. The number of aromatic nitrogens is 3. The van der Waals surface area contributed by atoms with Gasteiger partial charge in [-0.15, -0.1) is 11.3 Å². The zero-order chi connectivity index (χ0) is 35.2. The van der Waals surface area contributed by atoms with Crippen molar-refractivity contribution in [1.82, 2.24) is 24.2 Å². The lowest BCUT2D eigenvalue weighted by Gasteiger charge is -2.36. The number of thiazole rings is 1. The van der Waals surface area contributed by atoms with Crippen molar-refractivity contribution in [3.8, 4) is 33.1 Å². The molecule has 1 saturated heterocycles. The maximum absolute atomic E-state index is 16.4. The Labute approximate surface area is 283 Å². The summed E-state index contributed by atoms with van der Waals surface area (Å²) in [6.45, 7) is 6.61. The molecule has 0 spiro atoms. The highest BCUT2D eigenvalue weighted by Crippen LogP contribution is 2.41. The van der Waals surface area contributed by atoms with Crippen LogP contribution < -0.4 is 4.90 Å². The number of Topliss-reactive ketones (excluding diaryl/α,β-unsaturated/α-hetero) is 1. The zero-order valence-electron chi connectivity index (χ0n) is 27.2. The Balaban J connectivity index is 1.36. The van der Waals surface area contributed by atoms with Gasteiger partial charge < -0.3 is 9.80 Å². The Morgan fingerprint density at radius 2 is 1.59 bits per heavy atom. The summed E-state index contributed by atoms with van der Waals surface area (Å²) in [4.78, 5) is 38.9. The van der Waals surface area contributed by atoms with E-state index in [0.29, 0.717) is 67.5 Å². The van der Waals surface area contributed by atoms with Crippen LogP contribution >= 0.6 is 11.3 Å². The highest BCUT2D eigenvalue weighted by molar-refractivity contribution is 7.17. The van der Waals surface area contributed by atoms with E-state index in [1.165, 1.54) is 19.1 Å². The Kier molecular flexibility index (Phi) is 9.29. The molecule has 8 nitrogen and oxygen atoms in total. The summed E-state index contributed by atoms with van der Waals surface area (Å²) in [5, 5.41) is 0.0254. The Hall–Kier alpha value is -4.69. The van der Waals surface area contributed by atoms with Gasteiger partial charge in [-0.3, -0.25) is 18.9 Å². The topological polar surface area (TPSA) is 74.1 Å². The van der Waals surface area contributed by atoms with E-state index in [2.05, 4.69) is 14.8 Å². The number of piperazine rings is 1. The molecule has 5 aromatic rings. The molecule has 0 bridgehead atoms. The van der Waals surface area contributed by atoms with Gasteiger partial charge in [-0.2, -0.15) is 13.2 Å². The van der Waals surface area contributed by atoms with Gasteiger partial charge in [0.25, 0.3) is 5.78 Å². The molecule has 1 amide bonds. The van der Waals surface area contributed by atoms with Crippen molar-refractivity contribution < 1.29 is 31.5 Å². The number of carbonyl (C=O) groups is 2. The molecular formula is C35H33F5N6O2S. The molecule has 2 aromatic carbocycles. The molecule has 14 heteroatoms. The molecule has 0 aliphatic carbocycles. The van der Waals surface area contributed by atoms with Crippen molar-refractivity contribution >= 4 is 34.4 Å². The largest absolute Gasteiger partial charge is 0.455 e. The lowest BCUT2D eigenvalue weighted by molar-refractivity contribution is -0.130. The normalized spacial score (nSPS) is 14.1. The van der Waals surface area contributed by atoms with Crippen LogP contribution in [0, 0.1) is 18.6 Å². The Morgan fingerprint density at radius 3 is 2.22 bits per heavy atom. The molecule has 256 valence electrons. The number of imidazole rings is 1. The highest BCUT2D eigenvalue weighted by Gasteiger charge is 2.42. The minimum absolute atomic E-state index is 0.0254. The van der Waals surface area contributed by atoms with Gasteiger partial charge in [0, 0.05) is 63.2 Å². The number of carbonyl (C=O) groups excluding carboxylic acids is 2. The molecule has 49 heavy (non-hydrogen) atoms. The number of rotatable bonds is 8. The molecule has 0 radical (unpaired) electrons. The maximum atomic E-state index is 16.4. The van der Waals surface area contributed by atoms with Crippen LogP contribution in [-0.4, -0.2) is 88.9 Å². The summed E-state index contributed by atoms with van der Waals surface area (Å²) < 4.78 is 72.6. The van der Waals surface area contributed by atoms with Gasteiger partial charge in [0.15, 0.2) is 0 Å². The number of benzene rings is 2. The minimum Gasteiger partial charge on any atom is -0.368 e. The molecule has 1 aliphatic heterocycles. The van der Waals surface area contributed by atoms with Crippen LogP contribution in [0.5, 0.6) is 0 Å². The first kappa shape index (κ1) is 34.2. The summed E-state index contributed by atoms with van der Waals surface area (Å²) in [6.07, 6.45) is -2.73. The third-order valence-electron chi connectivity index (χ3n) is 8.69. The second-order valence-electron chi connectivity index (χ2n) is 12.1. The fourth-order valence-electron chi connectivity index (χ4n) is 5.92. The van der Waals surface area contributed by atoms with Crippen molar-refractivity contribution in [3.05, 3.63) is 82.5 Å². The number of nitrogens with zero attached hydrogens (tertiary/aromatic N) is 6. The number of pyridine rings is 1. The number of fused-ring (bicyclic) bond motifs is 1. The SMILES string of the molecule is CCc1nc2ccc(N3CCN(CC(=O)N(C)C)CC3)cn2c1-c1ccc(-c2nc(-c3ccc(F)cc3)c(C(=O)C(F)(F)F)s2)c(C)c1F. The third-order valence-corrected chi connectivity index (χ3v) is 9.77. The summed E-state index contributed by atoms with van der Waals surface area (Å²) >= 11 is 0.517. The van der Waals surface area contributed by atoms with E-state index in [4.69, 9.17) is 4.98 Å². The van der Waals surface area contributed by atoms with Crippen LogP contribution in [-0.2, 0) is 11.2 Å². The van der Waals surface area contributed by atoms with Crippen LogP contribution in [0.1, 0.15) is 27.9 Å². The molecular weight excluding hydrogens is 663 g/mol. The van der Waals surface area contributed by atoms with Gasteiger partial charge in [-0.25, -0.2) is 18.7 Å². The summed E-state index contributed by atoms with van der Waals surface area (Å²) in [6, 6.07) is 11.6. The van der Waals surface area contributed by atoms with E-state index in [1.807, 2.05) is 29.7 Å². The highest BCUT2D eigenvalue weighted by atomic mass is 32.1. The number of ketones is 1. The third kappa shape index (κ3) is 6.66. The summed E-state index contributed by atoms with van der Waals surface area (Å²) in [5.41, 5.74) is 3.28. The number of hydrogen-bond donors (Lipinski definition) is 0. The van der Waals surface area contributed by atoms with Crippen LogP contribution in [0.4, 0.5) is 27.6 Å². The predicted octanol–water partition coefficient (Wildman–Crippen LogP) is 6.90. The van der Waals surface area contributed by atoms with Gasteiger partial charge in [0.2, 0.25) is 5.91 Å². The lowest BCUT2D eigenvalue weighted by atomic mass is 10.0. The first-order valence-corrected chi connectivity index (χ1v) is 16.4. The molecule has 0 saturated carbocycles. The minimum atomic E-state index is -5.17. The van der Waals surface area contributed by atoms with Crippen LogP contribution in [0.3, 0.4) is 0 Å². The second-order valence-corrected chi connectivity index (χ2v) is 13.1. The second kappa shape index (κ2) is 13.3. The van der Waals surface area contributed by atoms with Gasteiger partial charge >= 0.3 is 6.18 Å². The van der Waals surface area contributed by atoms with E-state index in [1.54, 1.807) is 31.1 Å². The molecule has 6 rings (SSSR count). The van der Waals surface area contributed by atoms with Crippen molar-refractivity contribution in [2.45, 2.75) is 26.4 Å². The smallest absolute Gasteiger partial charge is 0.368 e. The zero-order valence-corrected chi connectivity index (χ0v) is 28.1. The van der Waals surface area contributed by atoms with E-state index in [9.17, 15) is 27.2 Å². The molecule has 3 aromatic heterocycles. The molecule has 4 heterocycles. The molecule has 0 unspecified atom stereocenters. The first-order valence-electron chi connectivity index (χ1n) is 15.6. The summed E-state index contributed by atoms with van der Waals surface area (Å²) in [7, 11) is 3.47. The van der Waals surface area contributed by atoms with E-state index in [-0.39, 0.29) is 38.9 Å². The number of aryl methyl sites for hydroxylation is 1. The van der Waals surface area contributed by atoms with Crippen LogP contribution in [0.15, 0.2) is 54.7 Å². The number of anilines is 1. The Bertz CT molecular complexity index is 2050. The number of amides is 1. The molecule has 1 fully saturated rings. The van der Waals surface area contributed by atoms with Gasteiger partial charge in [-0.05, 0) is 61.4 Å². The first-order chi connectivity index (χ1) is 23.3. The van der Waals surface area contributed by atoms with E-state index >= 15 is 4.39 Å². The Morgan fingerprint density at radius 1 is 0.918 bits per heavy atom. The fourth-order valence-corrected chi connectivity index (χ4v) is 7.05. The number of alkyl halides is 3. The van der Waals surface area contributed by atoms with E-state index in [0.717, 1.165) is 17.8 Å². The standard InChI is InChI=1S/C35H33F5N6O2S/c1-5-26-31(46-18-23(10-13-27(46)41-26)45-16-14-44(15-17-45)19-28(47)43(3)4)25-12-11-24(20(2)29(25)37)34-42-30(21-6-8-22(36)9-7-21)32(49-34)33(48)35(38,39)40/h6-13,18H,5,14-17,19H2,1-4H3. The monoisotopic (exact) mass is 696 g/mol. The van der Waals surface area contributed by atoms with Crippen molar-refractivity contribution in [2.24, 2.45) is 0 Å². The number of hydrogen-bond acceptors (Lipinski definition) is 7. The number of likely N-dealkylation sites (N-methyl/N-ethyl adjacent to an activating group) is 1. The van der Waals surface area contributed by atoms with Gasteiger partial charge in [0.05, 0.1) is 29.3 Å². The van der Waals surface area contributed by atoms with E-state index < -0.39 is 28.5 Å². The lowest BCUT2D eigenvalue weighted by Crippen LogP contribution is -2.49. The quantitative estimate of drug-likeness (QED) is 0.130. The average Bonchev–Trinajstić information content (AvgIpc) is 3.67. The van der Waals surface area contributed by atoms with Crippen molar-refractivity contribution in [1.29, 1.82) is 0 Å². The predicted molar refractivity (Wildman–Crippen MR) is 179 cm³/mol. The van der Waals surface area contributed by atoms with Gasteiger partial charge in [-0.1, -0.05) is 13.0 Å². The number of halogens is 5. The molecule has 1 aliphatic rings. The fraction of sp³-hybridized carbons (Fsp3) is 0.314. The van der Waals surface area contributed by atoms with Crippen molar-refractivity contribution in [3.63, 3.8) is 0 Å². The van der Waals surface area contributed by atoms with Crippen LogP contribution in [0.2, 0.25) is 0 Å².